The molecule has 2 unspecified atom stereocenters. The third-order valence-corrected chi connectivity index (χ3v) is 6.83. The van der Waals surface area contributed by atoms with Crippen LogP contribution in [0.3, 0.4) is 0 Å². The number of hydrogen-bond donors (Lipinski definition) is 4. The fourth-order valence-electron chi connectivity index (χ4n) is 4.20. The van der Waals surface area contributed by atoms with Crippen LogP contribution in [0, 0.1) is 20.8 Å². The van der Waals surface area contributed by atoms with Crippen LogP contribution < -0.4 is 5.32 Å². The third-order valence-electron chi connectivity index (χ3n) is 6.44. The lowest BCUT2D eigenvalue weighted by molar-refractivity contribution is -0.185. The summed E-state index contributed by atoms with van der Waals surface area (Å²) in [6.07, 6.45) is 1.09. The summed E-state index contributed by atoms with van der Waals surface area (Å²) in [5, 5.41) is 32.2. The predicted molar refractivity (Wildman–Crippen MR) is 127 cm³/mol. The molecule has 34 heavy (non-hydrogen) atoms. The lowest BCUT2D eigenvalue weighted by atomic mass is 10.0. The standard InChI is InChI=1S/C25H29ClN2O6/c1-14-10-11-17(12-15(14)2)6-4-9-21(30)28-13-19(26)22(25(28,34)24(32)33)27-23(31)18-7-5-8-20(29)16(18)3/h5,7-8,10-12,19,22,29,34H,4,6,9,13H2,1-3H3,(H,27,31)(H,32,33)/t19?,22?,25-/m1/s1. The Morgan fingerprint density at radius 3 is 2.50 bits per heavy atom. The Kier molecular flexibility index (Phi) is 7.53. The van der Waals surface area contributed by atoms with E-state index in [9.17, 15) is 29.7 Å². The van der Waals surface area contributed by atoms with Crippen LogP contribution in [-0.2, 0) is 16.0 Å². The largest absolute Gasteiger partial charge is 0.508 e. The molecular formula is C25H29ClN2O6. The zero-order valence-corrected chi connectivity index (χ0v) is 20.1. The Bertz CT molecular complexity index is 1120. The smallest absolute Gasteiger partial charge is 0.359 e. The second-order valence-electron chi connectivity index (χ2n) is 8.72. The van der Waals surface area contributed by atoms with Gasteiger partial charge in [-0.1, -0.05) is 24.3 Å². The van der Waals surface area contributed by atoms with Crippen LogP contribution in [0.1, 0.15) is 45.5 Å². The van der Waals surface area contributed by atoms with Crippen LogP contribution in [0.5, 0.6) is 5.75 Å². The fraction of sp³-hybridized carbons (Fsp3) is 0.400. The number of carbonyl (C=O) groups excluding carboxylic acids is 2. The Morgan fingerprint density at radius 1 is 1.15 bits per heavy atom. The number of carbonyl (C=O) groups is 3. The Labute approximate surface area is 203 Å². The molecule has 1 fully saturated rings. The van der Waals surface area contributed by atoms with Crippen molar-refractivity contribution < 1.29 is 29.7 Å². The predicted octanol–water partition coefficient (Wildman–Crippen LogP) is 2.66. The van der Waals surface area contributed by atoms with Gasteiger partial charge in [0.2, 0.25) is 5.91 Å². The first-order chi connectivity index (χ1) is 16.0. The molecule has 9 heteroatoms. The molecule has 0 radical (unpaired) electrons. The maximum absolute atomic E-state index is 12.9. The normalized spacial score (nSPS) is 22.0. The monoisotopic (exact) mass is 488 g/mol. The highest BCUT2D eigenvalue weighted by Crippen LogP contribution is 2.33. The third kappa shape index (κ3) is 4.88. The zero-order valence-electron chi connectivity index (χ0n) is 19.3. The van der Waals surface area contributed by atoms with E-state index >= 15 is 0 Å². The molecular weight excluding hydrogens is 460 g/mol. The molecule has 0 saturated carbocycles. The number of benzene rings is 2. The van der Waals surface area contributed by atoms with Gasteiger partial charge in [-0.2, -0.15) is 0 Å². The van der Waals surface area contributed by atoms with Crippen LogP contribution >= 0.6 is 11.6 Å². The van der Waals surface area contributed by atoms with Gasteiger partial charge in [0.1, 0.15) is 11.8 Å². The van der Waals surface area contributed by atoms with Crippen LogP contribution in [0.15, 0.2) is 36.4 Å². The number of phenolic OH excluding ortho intramolecular Hbond substituents is 1. The van der Waals surface area contributed by atoms with E-state index in [0.717, 1.165) is 16.0 Å². The number of nitrogens with zero attached hydrogens (tertiary/aromatic N) is 1. The summed E-state index contributed by atoms with van der Waals surface area (Å²) in [7, 11) is 0. The van der Waals surface area contributed by atoms with Crippen molar-refractivity contribution in [3.63, 3.8) is 0 Å². The topological polar surface area (TPSA) is 127 Å². The van der Waals surface area contributed by atoms with Crippen molar-refractivity contribution >= 4 is 29.4 Å². The van der Waals surface area contributed by atoms with E-state index < -0.39 is 34.9 Å². The minimum Gasteiger partial charge on any atom is -0.508 e. The first-order valence-corrected chi connectivity index (χ1v) is 11.5. The molecule has 1 saturated heterocycles. The lowest BCUT2D eigenvalue weighted by Crippen LogP contribution is -2.63. The summed E-state index contributed by atoms with van der Waals surface area (Å²) >= 11 is 6.33. The van der Waals surface area contributed by atoms with Gasteiger partial charge in [0.15, 0.2) is 0 Å². The van der Waals surface area contributed by atoms with Crippen molar-refractivity contribution in [2.24, 2.45) is 0 Å². The molecule has 0 spiro atoms. The second-order valence-corrected chi connectivity index (χ2v) is 9.29. The van der Waals surface area contributed by atoms with Crippen molar-refractivity contribution in [2.45, 2.75) is 57.2 Å². The van der Waals surface area contributed by atoms with E-state index in [0.29, 0.717) is 18.4 Å². The number of carboxylic acids is 1. The van der Waals surface area contributed by atoms with Crippen LogP contribution in [0.4, 0.5) is 0 Å². The van der Waals surface area contributed by atoms with E-state index in [2.05, 4.69) is 5.32 Å². The van der Waals surface area contributed by atoms with Gasteiger partial charge in [0.25, 0.3) is 11.6 Å². The molecule has 2 aromatic carbocycles. The van der Waals surface area contributed by atoms with Gasteiger partial charge in [-0.15, -0.1) is 11.6 Å². The van der Waals surface area contributed by atoms with Crippen molar-refractivity contribution in [1.29, 1.82) is 0 Å². The Hall–Kier alpha value is -3.10. The summed E-state index contributed by atoms with van der Waals surface area (Å²) in [6.45, 7) is 5.32. The van der Waals surface area contributed by atoms with Crippen molar-refractivity contribution in [1.82, 2.24) is 10.2 Å². The zero-order chi connectivity index (χ0) is 25.2. The number of amides is 2. The SMILES string of the molecule is Cc1ccc(CCCC(=O)N2CC(Cl)C(NC(=O)c3cccc(O)c3C)[C@@]2(O)C(=O)O)cc1C. The molecule has 0 bridgehead atoms. The minimum atomic E-state index is -2.70. The Balaban J connectivity index is 1.73. The van der Waals surface area contributed by atoms with Gasteiger partial charge in [-0.25, -0.2) is 4.79 Å². The first kappa shape index (κ1) is 25.5. The van der Waals surface area contributed by atoms with Gasteiger partial charge in [0.05, 0.1) is 5.38 Å². The number of aryl methyl sites for hydroxylation is 3. The maximum atomic E-state index is 12.9. The number of alkyl halides is 1. The highest BCUT2D eigenvalue weighted by molar-refractivity contribution is 6.22. The number of aromatic hydroxyl groups is 1. The number of hydrogen-bond acceptors (Lipinski definition) is 5. The molecule has 1 heterocycles. The van der Waals surface area contributed by atoms with E-state index in [4.69, 9.17) is 11.6 Å². The fourth-order valence-corrected chi connectivity index (χ4v) is 4.57. The molecule has 8 nitrogen and oxygen atoms in total. The molecule has 0 aliphatic carbocycles. The molecule has 0 aromatic heterocycles. The van der Waals surface area contributed by atoms with Crippen LogP contribution in [0.25, 0.3) is 0 Å². The van der Waals surface area contributed by atoms with Crippen molar-refractivity contribution in [3.8, 4) is 5.75 Å². The molecule has 3 rings (SSSR count). The van der Waals surface area contributed by atoms with Crippen LogP contribution in [0.2, 0.25) is 0 Å². The highest BCUT2D eigenvalue weighted by Gasteiger charge is 2.60. The minimum absolute atomic E-state index is 0.0124. The van der Waals surface area contributed by atoms with Gasteiger partial charge in [-0.05, 0) is 62.4 Å². The average molecular weight is 489 g/mol. The summed E-state index contributed by atoms with van der Waals surface area (Å²) in [4.78, 5) is 38.6. The summed E-state index contributed by atoms with van der Waals surface area (Å²) in [6, 6.07) is 8.93. The van der Waals surface area contributed by atoms with Gasteiger partial charge in [-0.3, -0.25) is 9.59 Å². The van der Waals surface area contributed by atoms with E-state index in [1.165, 1.54) is 30.7 Å². The van der Waals surface area contributed by atoms with Gasteiger partial charge in [0, 0.05) is 24.1 Å². The van der Waals surface area contributed by atoms with E-state index in [1.807, 2.05) is 32.0 Å². The molecule has 2 amide bonds. The molecule has 182 valence electrons. The van der Waals surface area contributed by atoms with Crippen molar-refractivity contribution in [3.05, 3.63) is 64.2 Å². The molecule has 2 aromatic rings. The lowest BCUT2D eigenvalue weighted by Gasteiger charge is -2.34. The number of halogens is 1. The number of carboxylic acid groups (broad SMARTS) is 1. The number of nitrogens with one attached hydrogen (secondary N) is 1. The Morgan fingerprint density at radius 2 is 1.85 bits per heavy atom. The number of rotatable bonds is 7. The number of aliphatic hydroxyl groups is 1. The first-order valence-electron chi connectivity index (χ1n) is 11.0. The van der Waals surface area contributed by atoms with Gasteiger partial charge < -0.3 is 25.5 Å². The second kappa shape index (κ2) is 10.0. The van der Waals surface area contributed by atoms with E-state index in [-0.39, 0.29) is 24.3 Å². The molecule has 3 atom stereocenters. The van der Waals surface area contributed by atoms with Crippen LogP contribution in [-0.4, -0.2) is 61.7 Å². The molecule has 1 aliphatic heterocycles. The number of likely N-dealkylation sites (tertiary alicyclic amines) is 1. The summed E-state index contributed by atoms with van der Waals surface area (Å²) in [5.41, 5.74) is 1.08. The highest BCUT2D eigenvalue weighted by atomic mass is 35.5. The molecule has 1 aliphatic rings. The quantitative estimate of drug-likeness (QED) is 0.444. The summed E-state index contributed by atoms with van der Waals surface area (Å²) in [5.74, 6) is -3.07. The average Bonchev–Trinajstić information content (AvgIpc) is 3.04. The number of aliphatic carboxylic acids is 1. The van der Waals surface area contributed by atoms with E-state index in [1.54, 1.807) is 0 Å². The van der Waals surface area contributed by atoms with Gasteiger partial charge >= 0.3 is 5.97 Å². The maximum Gasteiger partial charge on any atom is 0.359 e. The summed E-state index contributed by atoms with van der Waals surface area (Å²) < 4.78 is 0. The molecule has 4 N–H and O–H groups in total. The number of phenols is 1. The van der Waals surface area contributed by atoms with Crippen molar-refractivity contribution in [2.75, 3.05) is 6.54 Å².